The van der Waals surface area contributed by atoms with Crippen LogP contribution < -0.4 is 0 Å². The maximum absolute atomic E-state index is 12.8. The summed E-state index contributed by atoms with van der Waals surface area (Å²) >= 11 is 0. The first-order valence-electron chi connectivity index (χ1n) is 27.7. The summed E-state index contributed by atoms with van der Waals surface area (Å²) < 4.78 is 17.4. The van der Waals surface area contributed by atoms with Crippen molar-refractivity contribution in [1.29, 1.82) is 0 Å². The molecule has 0 saturated carbocycles. The number of ether oxygens (including phenoxy) is 3. The van der Waals surface area contributed by atoms with Crippen LogP contribution in [-0.2, 0) is 28.6 Å². The van der Waals surface area contributed by atoms with Crippen LogP contribution in [0, 0.1) is 0 Å². The van der Waals surface area contributed by atoms with Gasteiger partial charge in [-0.3, -0.25) is 9.59 Å². The molecule has 2 atom stereocenters. The molecule has 2 unspecified atom stereocenters. The van der Waals surface area contributed by atoms with E-state index in [-0.39, 0.29) is 36.2 Å². The average Bonchev–Trinajstić information content (AvgIpc) is 3.26. The van der Waals surface area contributed by atoms with E-state index in [0.717, 1.165) is 38.5 Å². The third-order valence-corrected chi connectivity index (χ3v) is 12.9. The number of quaternary nitrogens is 1. The van der Waals surface area contributed by atoms with Crippen molar-refractivity contribution in [3.63, 3.8) is 0 Å². The molecule has 0 rings (SSSR count). The van der Waals surface area contributed by atoms with E-state index in [1.54, 1.807) is 0 Å². The minimum Gasteiger partial charge on any atom is -0.477 e. The number of nitrogens with zero attached hydrogens (tertiary/aromatic N) is 1. The molecule has 0 heterocycles. The van der Waals surface area contributed by atoms with Crippen LogP contribution in [0.3, 0.4) is 0 Å². The molecule has 0 aliphatic carbocycles. The van der Waals surface area contributed by atoms with E-state index in [1.807, 2.05) is 21.1 Å². The Morgan fingerprint density at radius 1 is 0.453 bits per heavy atom. The fourth-order valence-electron chi connectivity index (χ4n) is 8.62. The standard InChI is InChI=1S/C56H107NO7/c1-6-8-10-12-14-16-18-20-22-24-25-26-27-28-29-31-32-34-36-38-40-42-44-46-54(58)63-51-52(50-62-49-48-53(56(60)61)57(3,4)5)64-55(59)47-45-43-41-39-37-35-33-30-23-21-19-17-15-13-11-9-7-2/h21,23,52-53H,6-20,22,24-51H2,1-5H3/p+1/b23-21-. The number of rotatable bonds is 51. The maximum Gasteiger partial charge on any atom is 0.362 e. The lowest BCUT2D eigenvalue weighted by Crippen LogP contribution is -2.50. The second kappa shape index (κ2) is 47.6. The highest BCUT2D eigenvalue weighted by Gasteiger charge is 2.31. The Morgan fingerprint density at radius 3 is 1.12 bits per heavy atom. The second-order valence-electron chi connectivity index (χ2n) is 20.2. The van der Waals surface area contributed by atoms with Gasteiger partial charge in [-0.2, -0.15) is 0 Å². The molecule has 0 fully saturated rings. The topological polar surface area (TPSA) is 99.1 Å². The third-order valence-electron chi connectivity index (χ3n) is 12.9. The van der Waals surface area contributed by atoms with Gasteiger partial charge < -0.3 is 23.8 Å². The lowest BCUT2D eigenvalue weighted by atomic mass is 10.0. The summed E-state index contributed by atoms with van der Waals surface area (Å²) in [5.41, 5.74) is 0. The number of carboxylic acid groups (broad SMARTS) is 1. The fraction of sp³-hybridized carbons (Fsp3) is 0.911. The molecule has 1 N–H and O–H groups in total. The van der Waals surface area contributed by atoms with Gasteiger partial charge >= 0.3 is 17.9 Å². The van der Waals surface area contributed by atoms with Crippen molar-refractivity contribution in [2.75, 3.05) is 41.0 Å². The lowest BCUT2D eigenvalue weighted by molar-refractivity contribution is -0.887. The number of carboxylic acids is 1. The zero-order valence-electron chi connectivity index (χ0n) is 43.3. The van der Waals surface area contributed by atoms with Crippen molar-refractivity contribution in [2.45, 2.75) is 289 Å². The predicted octanol–water partition coefficient (Wildman–Crippen LogP) is 16.2. The molecule has 378 valence electrons. The first-order chi connectivity index (χ1) is 31.1. The van der Waals surface area contributed by atoms with Crippen LogP contribution in [0.5, 0.6) is 0 Å². The van der Waals surface area contributed by atoms with E-state index < -0.39 is 18.1 Å². The monoisotopic (exact) mass is 907 g/mol. The van der Waals surface area contributed by atoms with Gasteiger partial charge in [0.15, 0.2) is 12.1 Å². The molecule has 0 aliphatic rings. The number of hydrogen-bond acceptors (Lipinski definition) is 6. The molecule has 0 aromatic heterocycles. The average molecular weight is 907 g/mol. The highest BCUT2D eigenvalue weighted by Crippen LogP contribution is 2.17. The summed E-state index contributed by atoms with van der Waals surface area (Å²) in [6.45, 7) is 4.79. The predicted molar refractivity (Wildman–Crippen MR) is 271 cm³/mol. The van der Waals surface area contributed by atoms with Crippen molar-refractivity contribution in [3.05, 3.63) is 12.2 Å². The van der Waals surface area contributed by atoms with Crippen LogP contribution >= 0.6 is 0 Å². The number of carbonyl (C=O) groups is 3. The van der Waals surface area contributed by atoms with Crippen molar-refractivity contribution in [3.8, 4) is 0 Å². The molecule has 8 nitrogen and oxygen atoms in total. The zero-order valence-corrected chi connectivity index (χ0v) is 43.3. The van der Waals surface area contributed by atoms with E-state index in [2.05, 4.69) is 26.0 Å². The van der Waals surface area contributed by atoms with Gasteiger partial charge in [-0.15, -0.1) is 0 Å². The van der Waals surface area contributed by atoms with Crippen molar-refractivity contribution < 1.29 is 38.2 Å². The summed E-state index contributed by atoms with van der Waals surface area (Å²) in [4.78, 5) is 37.2. The number of carbonyl (C=O) groups excluding carboxylic acids is 2. The van der Waals surface area contributed by atoms with Gasteiger partial charge in [-0.25, -0.2) is 4.79 Å². The molecule has 8 heteroatoms. The minimum atomic E-state index is -0.871. The van der Waals surface area contributed by atoms with Crippen LogP contribution in [-0.4, -0.2) is 80.6 Å². The Morgan fingerprint density at radius 2 is 0.781 bits per heavy atom. The Hall–Kier alpha value is -1.93. The second-order valence-corrected chi connectivity index (χ2v) is 20.2. The summed E-state index contributed by atoms with van der Waals surface area (Å²) in [7, 11) is 5.55. The van der Waals surface area contributed by atoms with Gasteiger partial charge in [0.2, 0.25) is 0 Å². The van der Waals surface area contributed by atoms with Crippen LogP contribution in [0.1, 0.15) is 277 Å². The number of aliphatic carboxylic acids is 1. The van der Waals surface area contributed by atoms with Crippen LogP contribution in [0.2, 0.25) is 0 Å². The fourth-order valence-corrected chi connectivity index (χ4v) is 8.62. The van der Waals surface area contributed by atoms with Gasteiger partial charge in [0.25, 0.3) is 0 Å². The van der Waals surface area contributed by atoms with Crippen molar-refractivity contribution in [1.82, 2.24) is 0 Å². The van der Waals surface area contributed by atoms with E-state index in [4.69, 9.17) is 14.2 Å². The number of allylic oxidation sites excluding steroid dienone is 2. The van der Waals surface area contributed by atoms with Crippen LogP contribution in [0.4, 0.5) is 0 Å². The summed E-state index contributed by atoms with van der Waals surface area (Å²) in [5, 5.41) is 9.66. The van der Waals surface area contributed by atoms with Gasteiger partial charge in [0.1, 0.15) is 6.61 Å². The molecule has 0 spiro atoms. The Bertz CT molecular complexity index is 1060. The summed E-state index contributed by atoms with van der Waals surface area (Å²) in [6.07, 6.45) is 54.1. The number of unbranched alkanes of at least 4 members (excludes halogenated alkanes) is 35. The summed E-state index contributed by atoms with van der Waals surface area (Å²) in [6, 6.07) is -0.612. The lowest BCUT2D eigenvalue weighted by Gasteiger charge is -2.31. The van der Waals surface area contributed by atoms with E-state index >= 15 is 0 Å². The molecule has 64 heavy (non-hydrogen) atoms. The highest BCUT2D eigenvalue weighted by atomic mass is 16.6. The number of likely N-dealkylation sites (N-methyl/N-ethyl adjacent to an activating group) is 1. The smallest absolute Gasteiger partial charge is 0.362 e. The quantitative estimate of drug-likeness (QED) is 0.0281. The number of hydrogen-bond donors (Lipinski definition) is 1. The SMILES string of the molecule is CCCCCCCC/C=C\CCCCCCCCCC(=O)OC(COCCC(C(=O)O)[N+](C)(C)C)COC(=O)CCCCCCCCCCCCCCCCCCCCCCCCC. The third kappa shape index (κ3) is 45.2. The minimum absolute atomic E-state index is 0.0458. The van der Waals surface area contributed by atoms with Gasteiger partial charge in [0, 0.05) is 19.3 Å². The first kappa shape index (κ1) is 62.1. The molecule has 0 aromatic rings. The largest absolute Gasteiger partial charge is 0.477 e. The van der Waals surface area contributed by atoms with Crippen molar-refractivity contribution >= 4 is 17.9 Å². The van der Waals surface area contributed by atoms with Crippen LogP contribution in [0.25, 0.3) is 0 Å². The highest BCUT2D eigenvalue weighted by molar-refractivity contribution is 5.72. The normalized spacial score (nSPS) is 12.8. The zero-order chi connectivity index (χ0) is 47.0. The van der Waals surface area contributed by atoms with E-state index in [1.165, 1.54) is 205 Å². The molecule has 0 aliphatic heterocycles. The molecule has 0 saturated heterocycles. The molecular weight excluding hydrogens is 799 g/mol. The Kier molecular flexibility index (Phi) is 46.1. The van der Waals surface area contributed by atoms with Crippen molar-refractivity contribution in [2.24, 2.45) is 0 Å². The van der Waals surface area contributed by atoms with E-state index in [9.17, 15) is 19.5 Å². The molecular formula is C56H108NO7+. The van der Waals surface area contributed by atoms with Gasteiger partial charge in [-0.05, 0) is 38.5 Å². The number of esters is 2. The summed E-state index contributed by atoms with van der Waals surface area (Å²) in [5.74, 6) is -1.45. The molecule has 0 aromatic carbocycles. The Labute approximate surface area is 397 Å². The molecule has 0 amide bonds. The Balaban J connectivity index is 4.13. The first-order valence-corrected chi connectivity index (χ1v) is 27.7. The van der Waals surface area contributed by atoms with E-state index in [0.29, 0.717) is 19.3 Å². The molecule has 0 radical (unpaired) electrons. The van der Waals surface area contributed by atoms with Gasteiger partial charge in [-0.1, -0.05) is 231 Å². The maximum atomic E-state index is 12.8. The molecule has 0 bridgehead atoms. The van der Waals surface area contributed by atoms with Crippen LogP contribution in [0.15, 0.2) is 12.2 Å². The van der Waals surface area contributed by atoms with Gasteiger partial charge in [0.05, 0.1) is 34.4 Å².